The molecule has 0 bridgehead atoms. The Morgan fingerprint density at radius 1 is 0.852 bits per heavy atom. The summed E-state index contributed by atoms with van der Waals surface area (Å²) in [7, 11) is 0. The summed E-state index contributed by atoms with van der Waals surface area (Å²) in [5, 5.41) is 14.4. The van der Waals surface area contributed by atoms with Crippen LogP contribution in [0.25, 0.3) is 0 Å². The fourth-order valence-corrected chi connectivity index (χ4v) is 2.82. The molecule has 0 radical (unpaired) electrons. The lowest BCUT2D eigenvalue weighted by Crippen LogP contribution is -2.23. The van der Waals surface area contributed by atoms with Crippen molar-refractivity contribution in [3.05, 3.63) is 83.9 Å². The van der Waals surface area contributed by atoms with Gasteiger partial charge < -0.3 is 10.6 Å². The monoisotopic (exact) mass is 360 g/mol. The molecule has 5 heteroatoms. The third kappa shape index (κ3) is 4.91. The second kappa shape index (κ2) is 8.94. The molecule has 5 nitrogen and oxygen atoms in total. The molecule has 27 heavy (non-hydrogen) atoms. The van der Waals surface area contributed by atoms with Crippen molar-refractivity contribution in [3.8, 4) is 0 Å². The van der Waals surface area contributed by atoms with Gasteiger partial charge in [-0.05, 0) is 36.6 Å². The molecule has 3 rings (SSSR count). The largest absolute Gasteiger partial charge is 0.366 e. The molecule has 1 atom stereocenters. The van der Waals surface area contributed by atoms with Crippen LogP contribution in [-0.2, 0) is 4.79 Å². The van der Waals surface area contributed by atoms with Crippen molar-refractivity contribution >= 4 is 17.5 Å². The molecule has 0 spiro atoms. The van der Waals surface area contributed by atoms with Crippen molar-refractivity contribution in [1.82, 2.24) is 10.2 Å². The van der Waals surface area contributed by atoms with Gasteiger partial charge in [0.05, 0.1) is 5.92 Å². The zero-order valence-corrected chi connectivity index (χ0v) is 15.6. The Bertz CT molecular complexity index is 811. The number of rotatable bonds is 7. The molecule has 1 aromatic heterocycles. The van der Waals surface area contributed by atoms with E-state index in [0.29, 0.717) is 17.7 Å². The van der Waals surface area contributed by atoms with Gasteiger partial charge in [0.1, 0.15) is 5.82 Å². The molecule has 1 unspecified atom stereocenters. The molecule has 1 amide bonds. The third-order valence-corrected chi connectivity index (χ3v) is 4.45. The van der Waals surface area contributed by atoms with E-state index in [2.05, 4.69) is 34.7 Å². The van der Waals surface area contributed by atoms with Crippen molar-refractivity contribution in [2.75, 3.05) is 10.6 Å². The van der Waals surface area contributed by atoms with Crippen molar-refractivity contribution in [2.24, 2.45) is 0 Å². The van der Waals surface area contributed by atoms with E-state index in [4.69, 9.17) is 0 Å². The van der Waals surface area contributed by atoms with Gasteiger partial charge in [0.15, 0.2) is 5.82 Å². The first-order valence-electron chi connectivity index (χ1n) is 9.18. The molecule has 2 N–H and O–H groups in total. The van der Waals surface area contributed by atoms with Crippen LogP contribution in [0.1, 0.15) is 37.3 Å². The zero-order chi connectivity index (χ0) is 19.1. The molecule has 0 fully saturated rings. The number of carbonyl (C=O) groups excluding carboxylic acids is 1. The van der Waals surface area contributed by atoms with E-state index in [1.807, 2.05) is 66.7 Å². The van der Waals surface area contributed by atoms with Gasteiger partial charge in [0, 0.05) is 6.04 Å². The van der Waals surface area contributed by atoms with Crippen LogP contribution in [0.15, 0.2) is 72.8 Å². The standard InChI is InChI=1S/C22H24N4O/c1-3-16(2)23-19-14-15-20(26-25-19)24-22(27)21(17-10-6-4-7-11-17)18-12-8-5-9-13-18/h4-16,21H,3H2,1-2H3,(H,23,25)(H,24,26,27). The highest BCUT2D eigenvalue weighted by atomic mass is 16.2. The van der Waals surface area contributed by atoms with Gasteiger partial charge in [-0.1, -0.05) is 67.6 Å². The second-order valence-corrected chi connectivity index (χ2v) is 6.50. The molecule has 0 aliphatic carbocycles. The predicted molar refractivity (Wildman–Crippen MR) is 109 cm³/mol. The van der Waals surface area contributed by atoms with E-state index < -0.39 is 5.92 Å². The first kappa shape index (κ1) is 18.6. The number of benzene rings is 2. The molecule has 0 aliphatic rings. The predicted octanol–water partition coefficient (Wildman–Crippen LogP) is 4.46. The number of anilines is 2. The minimum absolute atomic E-state index is 0.135. The molecule has 2 aromatic carbocycles. The minimum atomic E-state index is -0.410. The van der Waals surface area contributed by atoms with E-state index in [1.54, 1.807) is 6.07 Å². The Kier molecular flexibility index (Phi) is 6.15. The summed E-state index contributed by atoms with van der Waals surface area (Å²) in [6.45, 7) is 4.19. The number of nitrogens with zero attached hydrogens (tertiary/aromatic N) is 2. The average Bonchev–Trinajstić information content (AvgIpc) is 2.71. The van der Waals surface area contributed by atoms with Gasteiger partial charge in [0.25, 0.3) is 0 Å². The fraction of sp³-hybridized carbons (Fsp3) is 0.227. The van der Waals surface area contributed by atoms with Crippen LogP contribution in [0, 0.1) is 0 Å². The lowest BCUT2D eigenvalue weighted by Gasteiger charge is -2.17. The average molecular weight is 360 g/mol. The Hall–Kier alpha value is -3.21. The van der Waals surface area contributed by atoms with Crippen LogP contribution < -0.4 is 10.6 Å². The first-order chi connectivity index (χ1) is 13.2. The Morgan fingerprint density at radius 3 is 1.85 bits per heavy atom. The molecular weight excluding hydrogens is 336 g/mol. The number of carbonyl (C=O) groups is 1. The normalized spacial score (nSPS) is 11.8. The maximum Gasteiger partial charge on any atom is 0.237 e. The van der Waals surface area contributed by atoms with E-state index >= 15 is 0 Å². The molecule has 0 aliphatic heterocycles. The molecule has 0 saturated carbocycles. The summed E-state index contributed by atoms with van der Waals surface area (Å²) in [5.74, 6) is 0.591. The van der Waals surface area contributed by atoms with Crippen LogP contribution in [0.5, 0.6) is 0 Å². The maximum atomic E-state index is 13.0. The summed E-state index contributed by atoms with van der Waals surface area (Å²) in [6, 6.07) is 23.4. The van der Waals surface area contributed by atoms with Crippen LogP contribution in [0.3, 0.4) is 0 Å². The quantitative estimate of drug-likeness (QED) is 0.653. The number of amides is 1. The maximum absolute atomic E-state index is 13.0. The van der Waals surface area contributed by atoms with Crippen molar-refractivity contribution < 1.29 is 4.79 Å². The Labute approximate surface area is 159 Å². The third-order valence-electron chi connectivity index (χ3n) is 4.45. The van der Waals surface area contributed by atoms with E-state index in [9.17, 15) is 4.79 Å². The van der Waals surface area contributed by atoms with Gasteiger partial charge in [-0.2, -0.15) is 0 Å². The van der Waals surface area contributed by atoms with Gasteiger partial charge in [0.2, 0.25) is 5.91 Å². The Balaban J connectivity index is 1.79. The number of aromatic nitrogens is 2. The lowest BCUT2D eigenvalue weighted by molar-refractivity contribution is -0.116. The second-order valence-electron chi connectivity index (χ2n) is 6.50. The van der Waals surface area contributed by atoms with E-state index in [-0.39, 0.29) is 5.91 Å². The summed E-state index contributed by atoms with van der Waals surface area (Å²) >= 11 is 0. The molecule has 1 heterocycles. The molecule has 138 valence electrons. The zero-order valence-electron chi connectivity index (χ0n) is 15.6. The van der Waals surface area contributed by atoms with E-state index in [0.717, 1.165) is 17.5 Å². The molecule has 0 saturated heterocycles. The molecule has 3 aromatic rings. The fourth-order valence-electron chi connectivity index (χ4n) is 2.82. The highest BCUT2D eigenvalue weighted by Gasteiger charge is 2.23. The SMILES string of the molecule is CCC(C)Nc1ccc(NC(=O)C(c2ccccc2)c2ccccc2)nn1. The number of hydrogen-bond acceptors (Lipinski definition) is 4. The van der Waals surface area contributed by atoms with Gasteiger partial charge in [-0.3, -0.25) is 4.79 Å². The van der Waals surface area contributed by atoms with Crippen molar-refractivity contribution in [3.63, 3.8) is 0 Å². The Morgan fingerprint density at radius 2 is 1.37 bits per heavy atom. The molecular formula is C22H24N4O. The number of hydrogen-bond donors (Lipinski definition) is 2. The van der Waals surface area contributed by atoms with Crippen LogP contribution >= 0.6 is 0 Å². The summed E-state index contributed by atoms with van der Waals surface area (Å²) in [4.78, 5) is 13.0. The van der Waals surface area contributed by atoms with E-state index in [1.165, 1.54) is 0 Å². The smallest absolute Gasteiger partial charge is 0.237 e. The highest BCUT2D eigenvalue weighted by molar-refractivity contribution is 5.97. The van der Waals surface area contributed by atoms with Crippen LogP contribution in [0.2, 0.25) is 0 Å². The topological polar surface area (TPSA) is 66.9 Å². The minimum Gasteiger partial charge on any atom is -0.366 e. The van der Waals surface area contributed by atoms with Crippen LogP contribution in [0.4, 0.5) is 11.6 Å². The summed E-state index contributed by atoms with van der Waals surface area (Å²) < 4.78 is 0. The van der Waals surface area contributed by atoms with Crippen molar-refractivity contribution in [1.29, 1.82) is 0 Å². The lowest BCUT2D eigenvalue weighted by atomic mass is 9.90. The van der Waals surface area contributed by atoms with Crippen molar-refractivity contribution in [2.45, 2.75) is 32.2 Å². The highest BCUT2D eigenvalue weighted by Crippen LogP contribution is 2.26. The summed E-state index contributed by atoms with van der Waals surface area (Å²) in [5.41, 5.74) is 1.87. The number of nitrogens with one attached hydrogen (secondary N) is 2. The van der Waals surface area contributed by atoms with Gasteiger partial charge >= 0.3 is 0 Å². The van der Waals surface area contributed by atoms with Crippen LogP contribution in [-0.4, -0.2) is 22.1 Å². The van der Waals surface area contributed by atoms with Gasteiger partial charge in [-0.25, -0.2) is 0 Å². The summed E-state index contributed by atoms with van der Waals surface area (Å²) in [6.07, 6.45) is 0.996. The first-order valence-corrected chi connectivity index (χ1v) is 9.18. The van der Waals surface area contributed by atoms with Gasteiger partial charge in [-0.15, -0.1) is 10.2 Å².